The van der Waals surface area contributed by atoms with Gasteiger partial charge in [0.1, 0.15) is 11.5 Å². The Hall–Kier alpha value is -2.48. The molecule has 2 aromatic carbocycles. The van der Waals surface area contributed by atoms with Crippen LogP contribution in [0.25, 0.3) is 0 Å². The Labute approximate surface area is 194 Å². The Bertz CT molecular complexity index is 1010. The minimum Gasteiger partial charge on any atom is -0.507 e. The van der Waals surface area contributed by atoms with Crippen molar-refractivity contribution in [2.24, 2.45) is 11.3 Å². The molecule has 1 unspecified atom stereocenters. The van der Waals surface area contributed by atoms with Crippen molar-refractivity contribution < 1.29 is 10.2 Å². The van der Waals surface area contributed by atoms with Crippen LogP contribution in [0.3, 0.4) is 0 Å². The van der Waals surface area contributed by atoms with Crippen LogP contribution in [0, 0.1) is 39.0 Å². The summed E-state index contributed by atoms with van der Waals surface area (Å²) in [7, 11) is 0. The third-order valence-electron chi connectivity index (χ3n) is 7.25. The number of hydrogen-bond acceptors (Lipinski definition) is 2. The van der Waals surface area contributed by atoms with Gasteiger partial charge in [0.05, 0.1) is 0 Å². The van der Waals surface area contributed by atoms with Crippen LogP contribution in [0.15, 0.2) is 47.6 Å². The minimum atomic E-state index is -0.143. The molecule has 0 heterocycles. The van der Waals surface area contributed by atoms with Crippen molar-refractivity contribution in [1.29, 1.82) is 0 Å². The number of benzene rings is 2. The van der Waals surface area contributed by atoms with Crippen molar-refractivity contribution in [3.05, 3.63) is 80.9 Å². The smallest absolute Gasteiger partial charge is 0.122 e. The molecule has 2 heteroatoms. The molecule has 2 aromatic rings. The van der Waals surface area contributed by atoms with Crippen LogP contribution < -0.4 is 0 Å². The van der Waals surface area contributed by atoms with E-state index in [9.17, 15) is 10.2 Å². The summed E-state index contributed by atoms with van der Waals surface area (Å²) < 4.78 is 0. The molecule has 1 aliphatic rings. The van der Waals surface area contributed by atoms with E-state index in [1.54, 1.807) is 0 Å². The molecule has 2 nitrogen and oxygen atoms in total. The van der Waals surface area contributed by atoms with E-state index in [2.05, 4.69) is 65.8 Å². The molecular formula is C30H40O2. The highest BCUT2D eigenvalue weighted by Gasteiger charge is 2.29. The Kier molecular flexibility index (Phi) is 6.93. The summed E-state index contributed by atoms with van der Waals surface area (Å²) in [6.07, 6.45) is 8.21. The first-order chi connectivity index (χ1) is 14.9. The standard InChI is InChI=1S/C30H40O2/c1-18-14-22(5)28(31)24(16-18)27(25-17-19(2)15-23(6)29(25)32)21(4)11-12-26-20(3)10-9-13-30(26,7)8/h11-12,14-17,21,27,31-32H,9-10,13H2,1-8H3/b12-11+. The molecule has 0 amide bonds. The molecule has 0 fully saturated rings. The van der Waals surface area contributed by atoms with Gasteiger partial charge in [-0.05, 0) is 81.9 Å². The molecule has 1 aliphatic carbocycles. The summed E-state index contributed by atoms with van der Waals surface area (Å²) in [5.41, 5.74) is 8.84. The van der Waals surface area contributed by atoms with Crippen LogP contribution in [0.5, 0.6) is 11.5 Å². The lowest BCUT2D eigenvalue weighted by Gasteiger charge is -2.33. The van der Waals surface area contributed by atoms with E-state index in [4.69, 9.17) is 0 Å². The molecule has 32 heavy (non-hydrogen) atoms. The highest BCUT2D eigenvalue weighted by atomic mass is 16.3. The molecule has 2 N–H and O–H groups in total. The Morgan fingerprint density at radius 2 is 1.34 bits per heavy atom. The summed E-state index contributed by atoms with van der Waals surface area (Å²) in [6, 6.07) is 8.17. The highest BCUT2D eigenvalue weighted by Crippen LogP contribution is 2.45. The van der Waals surface area contributed by atoms with Crippen molar-refractivity contribution in [3.63, 3.8) is 0 Å². The second-order valence-electron chi connectivity index (χ2n) is 10.7. The first-order valence-electron chi connectivity index (χ1n) is 11.9. The van der Waals surface area contributed by atoms with Crippen LogP contribution in [-0.4, -0.2) is 10.2 Å². The fraction of sp³-hybridized carbons (Fsp3) is 0.467. The van der Waals surface area contributed by atoms with E-state index >= 15 is 0 Å². The van der Waals surface area contributed by atoms with E-state index < -0.39 is 0 Å². The molecular weight excluding hydrogens is 392 g/mol. The largest absolute Gasteiger partial charge is 0.507 e. The average molecular weight is 433 g/mol. The van der Waals surface area contributed by atoms with Crippen LogP contribution in [0.4, 0.5) is 0 Å². The zero-order valence-corrected chi connectivity index (χ0v) is 21.1. The van der Waals surface area contributed by atoms with Crippen LogP contribution in [0.2, 0.25) is 0 Å². The predicted octanol–water partition coefficient (Wildman–Crippen LogP) is 8.18. The van der Waals surface area contributed by atoms with Gasteiger partial charge in [0.25, 0.3) is 0 Å². The first-order valence-corrected chi connectivity index (χ1v) is 11.9. The number of hydrogen-bond donors (Lipinski definition) is 2. The molecule has 0 aromatic heterocycles. The lowest BCUT2D eigenvalue weighted by molar-refractivity contribution is 0.376. The van der Waals surface area contributed by atoms with E-state index in [-0.39, 0.29) is 17.3 Å². The van der Waals surface area contributed by atoms with Crippen molar-refractivity contribution in [1.82, 2.24) is 0 Å². The lowest BCUT2D eigenvalue weighted by Crippen LogP contribution is -2.19. The molecule has 0 saturated heterocycles. The van der Waals surface area contributed by atoms with Crippen molar-refractivity contribution in [3.8, 4) is 11.5 Å². The lowest BCUT2D eigenvalue weighted by atomic mass is 9.72. The molecule has 0 aliphatic heterocycles. The molecule has 0 saturated carbocycles. The van der Waals surface area contributed by atoms with E-state index in [0.29, 0.717) is 11.5 Å². The minimum absolute atomic E-state index is 0.0900. The van der Waals surface area contributed by atoms with Crippen LogP contribution in [-0.2, 0) is 0 Å². The number of allylic oxidation sites excluding steroid dienone is 4. The normalized spacial score (nSPS) is 17.4. The molecule has 172 valence electrons. The van der Waals surface area contributed by atoms with Crippen molar-refractivity contribution >= 4 is 0 Å². The van der Waals surface area contributed by atoms with Gasteiger partial charge in [-0.3, -0.25) is 0 Å². The van der Waals surface area contributed by atoms with E-state index in [0.717, 1.165) is 39.8 Å². The molecule has 0 bridgehead atoms. The van der Waals surface area contributed by atoms with Gasteiger partial charge in [0.2, 0.25) is 0 Å². The number of phenolic OH excluding ortho intramolecular Hbond substituents is 2. The van der Waals surface area contributed by atoms with Gasteiger partial charge in [-0.2, -0.15) is 0 Å². The Morgan fingerprint density at radius 3 is 1.81 bits per heavy atom. The Balaban J connectivity index is 2.16. The van der Waals surface area contributed by atoms with Gasteiger partial charge in [-0.1, -0.05) is 73.9 Å². The molecule has 0 spiro atoms. The third kappa shape index (κ3) is 4.80. The summed E-state index contributed by atoms with van der Waals surface area (Å²) in [6.45, 7) is 17.1. The molecule has 0 radical (unpaired) electrons. The maximum absolute atomic E-state index is 11.1. The number of phenols is 2. The number of rotatable bonds is 5. The second-order valence-corrected chi connectivity index (χ2v) is 10.7. The molecule has 3 rings (SSSR count). The van der Waals surface area contributed by atoms with Gasteiger partial charge in [0.15, 0.2) is 0 Å². The summed E-state index contributed by atoms with van der Waals surface area (Å²) in [5.74, 6) is 0.601. The maximum Gasteiger partial charge on any atom is 0.122 e. The van der Waals surface area contributed by atoms with E-state index in [1.165, 1.54) is 24.0 Å². The van der Waals surface area contributed by atoms with Gasteiger partial charge in [-0.15, -0.1) is 0 Å². The zero-order chi connectivity index (χ0) is 23.8. The second kappa shape index (κ2) is 9.17. The van der Waals surface area contributed by atoms with E-state index in [1.807, 2.05) is 26.0 Å². The van der Waals surface area contributed by atoms with Crippen LogP contribution in [0.1, 0.15) is 86.3 Å². The van der Waals surface area contributed by atoms with Gasteiger partial charge in [-0.25, -0.2) is 0 Å². The topological polar surface area (TPSA) is 40.5 Å². The summed E-state index contributed by atoms with van der Waals surface area (Å²) >= 11 is 0. The van der Waals surface area contributed by atoms with Gasteiger partial charge < -0.3 is 10.2 Å². The Morgan fingerprint density at radius 1 is 0.844 bits per heavy atom. The SMILES string of the molecule is CC1=C(/C=C/C(C)C(c2cc(C)cc(C)c2O)c2cc(C)cc(C)c2O)C(C)(C)CCC1. The quantitative estimate of drug-likeness (QED) is 0.500. The average Bonchev–Trinajstić information content (AvgIpc) is 2.68. The predicted molar refractivity (Wildman–Crippen MR) is 136 cm³/mol. The first kappa shape index (κ1) is 24.2. The molecule has 1 atom stereocenters. The van der Waals surface area contributed by atoms with Crippen molar-refractivity contribution in [2.75, 3.05) is 0 Å². The monoisotopic (exact) mass is 432 g/mol. The maximum atomic E-state index is 11.1. The summed E-state index contributed by atoms with van der Waals surface area (Å²) in [4.78, 5) is 0. The summed E-state index contributed by atoms with van der Waals surface area (Å²) in [5, 5.41) is 22.1. The van der Waals surface area contributed by atoms with Crippen molar-refractivity contribution in [2.45, 2.75) is 80.6 Å². The number of aromatic hydroxyl groups is 2. The number of aryl methyl sites for hydroxylation is 4. The van der Waals surface area contributed by atoms with Gasteiger partial charge >= 0.3 is 0 Å². The van der Waals surface area contributed by atoms with Crippen LogP contribution >= 0.6 is 0 Å². The zero-order valence-electron chi connectivity index (χ0n) is 21.1. The fourth-order valence-corrected chi connectivity index (χ4v) is 5.56. The van der Waals surface area contributed by atoms with Gasteiger partial charge in [0, 0.05) is 17.0 Å². The third-order valence-corrected chi connectivity index (χ3v) is 7.25. The fourth-order valence-electron chi connectivity index (χ4n) is 5.56. The highest BCUT2D eigenvalue weighted by molar-refractivity contribution is 5.54.